The summed E-state index contributed by atoms with van der Waals surface area (Å²) in [5.74, 6) is 1.71. The molecule has 0 N–H and O–H groups in total. The molecule has 7 nitrogen and oxygen atoms in total. The van der Waals surface area contributed by atoms with Gasteiger partial charge in [-0.15, -0.1) is 0 Å². The van der Waals surface area contributed by atoms with Gasteiger partial charge in [0.2, 0.25) is 0 Å². The van der Waals surface area contributed by atoms with Crippen molar-refractivity contribution >= 4 is 28.3 Å². The zero-order chi connectivity index (χ0) is 23.7. The summed E-state index contributed by atoms with van der Waals surface area (Å²) in [5, 5.41) is 5.78. The van der Waals surface area contributed by atoms with Gasteiger partial charge in [-0.2, -0.15) is 9.61 Å². The molecule has 0 bridgehead atoms. The van der Waals surface area contributed by atoms with Crippen molar-refractivity contribution in [2.75, 3.05) is 25.6 Å². The van der Waals surface area contributed by atoms with Crippen LogP contribution in [0.4, 0.5) is 5.82 Å². The minimum absolute atomic E-state index is 0.0757. The second kappa shape index (κ2) is 9.41. The van der Waals surface area contributed by atoms with Gasteiger partial charge in [0, 0.05) is 60.9 Å². The summed E-state index contributed by atoms with van der Waals surface area (Å²) >= 11 is 0. The highest BCUT2D eigenvalue weighted by atomic mass is 16.5. The Balaban J connectivity index is 1.47. The monoisotopic (exact) mass is 457 g/mol. The second-order valence-electron chi connectivity index (χ2n) is 9.37. The van der Waals surface area contributed by atoms with Crippen LogP contribution < -0.4 is 4.90 Å². The first kappa shape index (κ1) is 22.3. The van der Waals surface area contributed by atoms with Gasteiger partial charge in [0.15, 0.2) is 5.65 Å². The Kier molecular flexibility index (Phi) is 6.18. The van der Waals surface area contributed by atoms with Crippen LogP contribution in [0.5, 0.6) is 0 Å². The number of benzene rings is 1. The van der Waals surface area contributed by atoms with Gasteiger partial charge in [-0.25, -0.2) is 4.98 Å². The van der Waals surface area contributed by atoms with E-state index < -0.39 is 0 Å². The molecule has 1 aromatic carbocycles. The Bertz CT molecular complexity index is 1320. The molecule has 4 aromatic rings. The van der Waals surface area contributed by atoms with Gasteiger partial charge in [-0.1, -0.05) is 18.2 Å². The molecule has 7 heteroatoms. The van der Waals surface area contributed by atoms with Crippen LogP contribution in [-0.4, -0.2) is 46.3 Å². The molecule has 34 heavy (non-hydrogen) atoms. The van der Waals surface area contributed by atoms with E-state index in [0.717, 1.165) is 64.9 Å². The number of aromatic nitrogens is 4. The van der Waals surface area contributed by atoms with Crippen LogP contribution in [-0.2, 0) is 9.53 Å². The number of nitrogens with zero attached hydrogens (tertiary/aromatic N) is 5. The largest absolute Gasteiger partial charge is 0.466 e. The maximum atomic E-state index is 11.9. The minimum Gasteiger partial charge on any atom is -0.466 e. The fraction of sp³-hybridized carbons (Fsp3) is 0.407. The maximum absolute atomic E-state index is 11.9. The summed E-state index contributed by atoms with van der Waals surface area (Å²) in [5.41, 5.74) is 4.93. The number of ether oxygens (including phenoxy) is 1. The average Bonchev–Trinajstić information content (AvgIpc) is 3.27. The molecule has 0 aliphatic heterocycles. The van der Waals surface area contributed by atoms with Gasteiger partial charge in [-0.05, 0) is 50.7 Å². The molecule has 0 unspecified atom stereocenters. The molecule has 1 fully saturated rings. The van der Waals surface area contributed by atoms with Crippen molar-refractivity contribution in [2.24, 2.45) is 5.92 Å². The van der Waals surface area contributed by atoms with Gasteiger partial charge in [0.1, 0.15) is 5.82 Å². The highest BCUT2D eigenvalue weighted by Gasteiger charge is 2.27. The van der Waals surface area contributed by atoms with E-state index in [0.29, 0.717) is 24.9 Å². The smallest absolute Gasteiger partial charge is 0.306 e. The summed E-state index contributed by atoms with van der Waals surface area (Å²) in [6.45, 7) is 2.31. The Morgan fingerprint density at radius 2 is 1.91 bits per heavy atom. The third-order valence-electron chi connectivity index (χ3n) is 6.86. The number of fused-ring (bicyclic) bond motifs is 2. The van der Waals surface area contributed by atoms with Crippen LogP contribution in [0.2, 0.25) is 0 Å². The normalized spacial score (nSPS) is 18.3. The molecular formula is C27H31N5O2. The van der Waals surface area contributed by atoms with E-state index in [-0.39, 0.29) is 5.97 Å². The number of esters is 1. The topological polar surface area (TPSA) is 72.6 Å². The summed E-state index contributed by atoms with van der Waals surface area (Å²) in [6.07, 6.45) is 8.42. The summed E-state index contributed by atoms with van der Waals surface area (Å²) in [4.78, 5) is 23.8. The molecule has 3 aromatic heterocycles. The maximum Gasteiger partial charge on any atom is 0.306 e. The first-order valence-corrected chi connectivity index (χ1v) is 12.1. The second-order valence-corrected chi connectivity index (χ2v) is 9.37. The Morgan fingerprint density at radius 3 is 2.68 bits per heavy atom. The molecular weight excluding hydrogens is 426 g/mol. The van der Waals surface area contributed by atoms with Gasteiger partial charge in [-0.3, -0.25) is 9.78 Å². The van der Waals surface area contributed by atoms with Crippen LogP contribution >= 0.6 is 0 Å². The summed E-state index contributed by atoms with van der Waals surface area (Å²) in [6, 6.07) is 12.5. The molecule has 0 atom stereocenters. The molecule has 0 saturated heterocycles. The van der Waals surface area contributed by atoms with Gasteiger partial charge in [0.05, 0.1) is 18.3 Å². The SMILES string of the molecule is CCOC(=O)CC1CCC(c2cc(N(C)C)n3ncc(-c4cnc5ccccc5c4)c3n2)CC1. The molecule has 3 heterocycles. The van der Waals surface area contributed by atoms with Crippen molar-refractivity contribution in [1.29, 1.82) is 0 Å². The predicted octanol–water partition coefficient (Wildman–Crippen LogP) is 5.24. The first-order chi connectivity index (χ1) is 16.5. The number of carbonyl (C=O) groups excluding carboxylic acids is 1. The summed E-state index contributed by atoms with van der Waals surface area (Å²) in [7, 11) is 4.07. The zero-order valence-corrected chi connectivity index (χ0v) is 20.1. The molecule has 0 amide bonds. The number of hydrogen-bond donors (Lipinski definition) is 0. The third-order valence-corrected chi connectivity index (χ3v) is 6.86. The lowest BCUT2D eigenvalue weighted by molar-refractivity contribution is -0.144. The van der Waals surface area contributed by atoms with Crippen LogP contribution in [0, 0.1) is 5.92 Å². The first-order valence-electron chi connectivity index (χ1n) is 12.1. The van der Waals surface area contributed by atoms with E-state index in [4.69, 9.17) is 9.72 Å². The van der Waals surface area contributed by atoms with Crippen molar-refractivity contribution < 1.29 is 9.53 Å². The number of pyridine rings is 1. The van der Waals surface area contributed by atoms with E-state index in [2.05, 4.69) is 33.2 Å². The fourth-order valence-corrected chi connectivity index (χ4v) is 5.03. The predicted molar refractivity (Wildman–Crippen MR) is 134 cm³/mol. The number of hydrogen-bond acceptors (Lipinski definition) is 6. The van der Waals surface area contributed by atoms with Crippen molar-refractivity contribution in [1.82, 2.24) is 19.6 Å². The summed E-state index contributed by atoms with van der Waals surface area (Å²) < 4.78 is 7.06. The van der Waals surface area contributed by atoms with Gasteiger partial charge >= 0.3 is 5.97 Å². The van der Waals surface area contributed by atoms with E-state index in [1.54, 1.807) is 0 Å². The van der Waals surface area contributed by atoms with Crippen molar-refractivity contribution in [2.45, 2.75) is 44.9 Å². The van der Waals surface area contributed by atoms with Crippen molar-refractivity contribution in [3.05, 3.63) is 54.5 Å². The van der Waals surface area contributed by atoms with Crippen molar-refractivity contribution in [3.8, 4) is 11.1 Å². The van der Waals surface area contributed by atoms with Gasteiger partial charge < -0.3 is 9.64 Å². The highest BCUT2D eigenvalue weighted by molar-refractivity contribution is 5.87. The molecule has 1 saturated carbocycles. The van der Waals surface area contributed by atoms with Gasteiger partial charge in [0.25, 0.3) is 0 Å². The lowest BCUT2D eigenvalue weighted by Gasteiger charge is -2.28. The van der Waals surface area contributed by atoms with E-state index in [1.165, 1.54) is 0 Å². The van der Waals surface area contributed by atoms with Crippen LogP contribution in [0.15, 0.2) is 48.8 Å². The van der Waals surface area contributed by atoms with Crippen LogP contribution in [0.3, 0.4) is 0 Å². The molecule has 1 aliphatic carbocycles. The van der Waals surface area contributed by atoms with Crippen LogP contribution in [0.1, 0.15) is 50.6 Å². The number of rotatable bonds is 6. The molecule has 5 rings (SSSR count). The lowest BCUT2D eigenvalue weighted by Crippen LogP contribution is -2.20. The van der Waals surface area contributed by atoms with E-state index >= 15 is 0 Å². The quantitative estimate of drug-likeness (QED) is 0.369. The molecule has 1 aliphatic rings. The standard InChI is InChI=1S/C27H31N5O2/c1-4-34-26(33)13-18-9-11-19(12-10-18)24-15-25(31(2)3)32-27(30-24)22(17-29-32)21-14-20-7-5-6-8-23(20)28-16-21/h5-8,14-19H,4,9-13H2,1-3H3. The van der Waals surface area contributed by atoms with Crippen molar-refractivity contribution in [3.63, 3.8) is 0 Å². The van der Waals surface area contributed by atoms with E-state index in [9.17, 15) is 4.79 Å². The average molecular weight is 458 g/mol. The molecule has 0 radical (unpaired) electrons. The Morgan fingerprint density at radius 1 is 1.12 bits per heavy atom. The van der Waals surface area contributed by atoms with E-state index in [1.807, 2.05) is 56.1 Å². The Hall–Kier alpha value is -3.48. The molecule has 0 spiro atoms. The third kappa shape index (κ3) is 4.34. The number of para-hydroxylation sites is 1. The Labute approximate surface area is 199 Å². The number of carbonyl (C=O) groups is 1. The lowest BCUT2D eigenvalue weighted by atomic mass is 9.79. The number of anilines is 1. The molecule has 176 valence electrons. The highest BCUT2D eigenvalue weighted by Crippen LogP contribution is 2.38. The fourth-order valence-electron chi connectivity index (χ4n) is 5.03. The minimum atomic E-state index is -0.0757. The zero-order valence-electron chi connectivity index (χ0n) is 20.1. The van der Waals surface area contributed by atoms with Crippen LogP contribution in [0.25, 0.3) is 27.7 Å².